The van der Waals surface area contributed by atoms with Crippen LogP contribution in [-0.4, -0.2) is 37.2 Å². The normalized spacial score (nSPS) is 34.7. The van der Waals surface area contributed by atoms with Gasteiger partial charge in [0.15, 0.2) is 0 Å². The lowest BCUT2D eigenvalue weighted by atomic mass is 9.75. The van der Waals surface area contributed by atoms with Gasteiger partial charge in [-0.15, -0.1) is 0 Å². The van der Waals surface area contributed by atoms with Gasteiger partial charge in [-0.05, 0) is 43.4 Å². The molecule has 2 heteroatoms. The van der Waals surface area contributed by atoms with Crippen molar-refractivity contribution in [3.63, 3.8) is 0 Å². The highest BCUT2D eigenvalue weighted by molar-refractivity contribution is 4.93. The van der Waals surface area contributed by atoms with E-state index >= 15 is 0 Å². The monoisotopic (exact) mass is 253 g/mol. The van der Waals surface area contributed by atoms with Crippen LogP contribution in [0.5, 0.6) is 0 Å². The molecule has 0 radical (unpaired) electrons. The van der Waals surface area contributed by atoms with Crippen molar-refractivity contribution >= 4 is 0 Å². The summed E-state index contributed by atoms with van der Waals surface area (Å²) in [6.07, 6.45) is 5.21. The first-order valence-electron chi connectivity index (χ1n) is 7.88. The van der Waals surface area contributed by atoms with Gasteiger partial charge in [0.25, 0.3) is 0 Å². The van der Waals surface area contributed by atoms with Crippen LogP contribution in [0.2, 0.25) is 0 Å². The number of rotatable bonds is 4. The summed E-state index contributed by atoms with van der Waals surface area (Å²) in [6, 6.07) is 0.714. The third-order valence-corrected chi connectivity index (χ3v) is 5.65. The lowest BCUT2D eigenvalue weighted by Crippen LogP contribution is -2.46. The number of hydrogen-bond acceptors (Lipinski definition) is 2. The molecule has 106 valence electrons. The van der Waals surface area contributed by atoms with Crippen molar-refractivity contribution in [2.45, 2.75) is 59.4 Å². The van der Waals surface area contributed by atoms with E-state index in [1.165, 1.54) is 38.8 Å². The molecule has 2 fully saturated rings. The van der Waals surface area contributed by atoms with E-state index in [1.807, 2.05) is 0 Å². The van der Waals surface area contributed by atoms with E-state index in [9.17, 15) is 0 Å². The fourth-order valence-electron chi connectivity index (χ4n) is 3.83. The van der Waals surface area contributed by atoms with Crippen molar-refractivity contribution in [3.05, 3.63) is 0 Å². The Bertz CT molecular complexity index is 260. The van der Waals surface area contributed by atoms with Crippen LogP contribution in [0, 0.1) is 17.3 Å². The summed E-state index contributed by atoms with van der Waals surface area (Å²) in [5, 5.41) is 0. The molecule has 0 N–H and O–H groups in total. The Morgan fingerprint density at radius 2 is 1.94 bits per heavy atom. The summed E-state index contributed by atoms with van der Waals surface area (Å²) in [5.74, 6) is 1.82. The third kappa shape index (κ3) is 2.91. The number of hydrogen-bond donors (Lipinski definition) is 0. The first-order chi connectivity index (χ1) is 8.57. The Hall–Kier alpha value is -0.0800. The minimum absolute atomic E-state index is 0.471. The van der Waals surface area contributed by atoms with Crippen LogP contribution in [0.25, 0.3) is 0 Å². The standard InChI is InChI=1S/C16H31NO/c1-5-6-15-12-17(11-13(15)2)14(3)16(4)7-9-18-10-8-16/h13-15H,5-12H2,1-4H3. The second-order valence-electron chi connectivity index (χ2n) is 6.92. The van der Waals surface area contributed by atoms with E-state index < -0.39 is 0 Å². The fraction of sp³-hybridized carbons (Fsp3) is 1.00. The molecule has 2 heterocycles. The van der Waals surface area contributed by atoms with Gasteiger partial charge in [0.1, 0.15) is 0 Å². The molecule has 18 heavy (non-hydrogen) atoms. The second kappa shape index (κ2) is 5.92. The van der Waals surface area contributed by atoms with Crippen LogP contribution in [0.15, 0.2) is 0 Å². The molecule has 0 saturated carbocycles. The first-order valence-corrected chi connectivity index (χ1v) is 7.88. The van der Waals surface area contributed by atoms with Crippen molar-refractivity contribution in [1.82, 2.24) is 4.90 Å². The van der Waals surface area contributed by atoms with Crippen molar-refractivity contribution < 1.29 is 4.74 Å². The van der Waals surface area contributed by atoms with Crippen LogP contribution >= 0.6 is 0 Å². The zero-order valence-electron chi connectivity index (χ0n) is 12.7. The third-order valence-electron chi connectivity index (χ3n) is 5.65. The van der Waals surface area contributed by atoms with Gasteiger partial charge in [0.05, 0.1) is 0 Å². The number of ether oxygens (including phenoxy) is 1. The second-order valence-corrected chi connectivity index (χ2v) is 6.92. The quantitative estimate of drug-likeness (QED) is 0.759. The minimum atomic E-state index is 0.471. The molecule has 0 aromatic rings. The average molecular weight is 253 g/mol. The van der Waals surface area contributed by atoms with Crippen LogP contribution in [0.4, 0.5) is 0 Å². The molecule has 0 aromatic heterocycles. The molecule has 0 spiro atoms. The van der Waals surface area contributed by atoms with Gasteiger partial charge in [-0.2, -0.15) is 0 Å². The van der Waals surface area contributed by atoms with Crippen molar-refractivity contribution in [2.24, 2.45) is 17.3 Å². The molecule has 2 aliphatic rings. The van der Waals surface area contributed by atoms with E-state index in [0.29, 0.717) is 11.5 Å². The fourth-order valence-corrected chi connectivity index (χ4v) is 3.83. The summed E-state index contributed by atoms with van der Waals surface area (Å²) in [4.78, 5) is 2.76. The van der Waals surface area contributed by atoms with Crippen LogP contribution in [-0.2, 0) is 4.74 Å². The molecule has 0 amide bonds. The molecule has 2 nitrogen and oxygen atoms in total. The molecule has 2 rings (SSSR count). The van der Waals surface area contributed by atoms with E-state index in [2.05, 4.69) is 32.6 Å². The minimum Gasteiger partial charge on any atom is -0.381 e. The van der Waals surface area contributed by atoms with Crippen molar-refractivity contribution in [2.75, 3.05) is 26.3 Å². The lowest BCUT2D eigenvalue weighted by Gasteiger charge is -2.43. The molecule has 0 aromatic carbocycles. The zero-order valence-corrected chi connectivity index (χ0v) is 12.7. The highest BCUT2D eigenvalue weighted by Gasteiger charge is 2.40. The van der Waals surface area contributed by atoms with Gasteiger partial charge >= 0.3 is 0 Å². The highest BCUT2D eigenvalue weighted by Crippen LogP contribution is 2.39. The van der Waals surface area contributed by atoms with Gasteiger partial charge in [0, 0.05) is 32.3 Å². The summed E-state index contributed by atoms with van der Waals surface area (Å²) >= 11 is 0. The number of likely N-dealkylation sites (tertiary alicyclic amines) is 1. The average Bonchev–Trinajstić information content (AvgIpc) is 2.71. The van der Waals surface area contributed by atoms with Gasteiger partial charge < -0.3 is 4.74 Å². The number of nitrogens with zero attached hydrogens (tertiary/aromatic N) is 1. The smallest absolute Gasteiger partial charge is 0.0471 e. The Kier molecular flexibility index (Phi) is 4.71. The highest BCUT2D eigenvalue weighted by atomic mass is 16.5. The molecule has 0 bridgehead atoms. The summed E-state index contributed by atoms with van der Waals surface area (Å²) in [5.41, 5.74) is 0.471. The first kappa shape index (κ1) is 14.3. The Labute approximate surface area is 113 Å². The zero-order chi connectivity index (χ0) is 13.2. The molecule has 3 unspecified atom stereocenters. The maximum Gasteiger partial charge on any atom is 0.0471 e. The van der Waals surface area contributed by atoms with Gasteiger partial charge in [-0.1, -0.05) is 27.2 Å². The largest absolute Gasteiger partial charge is 0.381 e. The Balaban J connectivity index is 1.95. The van der Waals surface area contributed by atoms with E-state index in [1.54, 1.807) is 0 Å². The van der Waals surface area contributed by atoms with Crippen LogP contribution in [0.3, 0.4) is 0 Å². The molecule has 2 aliphatic heterocycles. The van der Waals surface area contributed by atoms with Crippen molar-refractivity contribution in [1.29, 1.82) is 0 Å². The molecule has 0 aliphatic carbocycles. The van der Waals surface area contributed by atoms with Gasteiger partial charge in [-0.25, -0.2) is 0 Å². The SMILES string of the molecule is CCCC1CN(C(C)C2(C)CCOCC2)CC1C. The molecular weight excluding hydrogens is 222 g/mol. The predicted octanol–water partition coefficient (Wildman–Crippen LogP) is 3.56. The van der Waals surface area contributed by atoms with E-state index in [-0.39, 0.29) is 0 Å². The molecule has 3 atom stereocenters. The Morgan fingerprint density at radius 3 is 2.56 bits per heavy atom. The lowest BCUT2D eigenvalue weighted by molar-refractivity contribution is -0.0202. The maximum absolute atomic E-state index is 5.54. The van der Waals surface area contributed by atoms with Gasteiger partial charge in [0.2, 0.25) is 0 Å². The maximum atomic E-state index is 5.54. The summed E-state index contributed by atoms with van der Waals surface area (Å²) in [7, 11) is 0. The van der Waals surface area contributed by atoms with Crippen molar-refractivity contribution in [3.8, 4) is 0 Å². The molecular formula is C16H31NO. The van der Waals surface area contributed by atoms with Crippen LogP contribution in [0.1, 0.15) is 53.4 Å². The topological polar surface area (TPSA) is 12.5 Å². The van der Waals surface area contributed by atoms with Gasteiger partial charge in [-0.3, -0.25) is 4.90 Å². The van der Waals surface area contributed by atoms with Crippen LogP contribution < -0.4 is 0 Å². The van der Waals surface area contributed by atoms with E-state index in [4.69, 9.17) is 4.74 Å². The summed E-state index contributed by atoms with van der Waals surface area (Å²) < 4.78 is 5.54. The Morgan fingerprint density at radius 1 is 1.28 bits per heavy atom. The van der Waals surface area contributed by atoms with E-state index in [0.717, 1.165) is 25.0 Å². The summed E-state index contributed by atoms with van der Waals surface area (Å²) in [6.45, 7) is 14.2. The molecule has 2 saturated heterocycles. The predicted molar refractivity (Wildman–Crippen MR) is 76.8 cm³/mol.